The van der Waals surface area contributed by atoms with E-state index in [2.05, 4.69) is 24.5 Å². The zero-order chi connectivity index (χ0) is 17.4. The predicted molar refractivity (Wildman–Crippen MR) is 101 cm³/mol. The molecule has 2 aromatic carbocycles. The first-order valence-electron chi connectivity index (χ1n) is 7.90. The molecule has 0 unspecified atom stereocenters. The lowest BCUT2D eigenvalue weighted by molar-refractivity contribution is -0.119. The third kappa shape index (κ3) is 6.38. The van der Waals surface area contributed by atoms with Crippen LogP contribution in [0.1, 0.15) is 19.4 Å². The smallest absolute Gasteiger partial charge is 0.230 e. The van der Waals surface area contributed by atoms with Crippen LogP contribution in [0.3, 0.4) is 0 Å². The average molecular weight is 342 g/mol. The van der Waals surface area contributed by atoms with Gasteiger partial charge < -0.3 is 15.4 Å². The number of ether oxygens (including phenoxy) is 1. The van der Waals surface area contributed by atoms with Gasteiger partial charge in [-0.25, -0.2) is 0 Å². The highest BCUT2D eigenvalue weighted by Crippen LogP contribution is 2.18. The molecule has 0 aromatic heterocycles. The van der Waals surface area contributed by atoms with Gasteiger partial charge in [-0.3, -0.25) is 4.79 Å². The summed E-state index contributed by atoms with van der Waals surface area (Å²) in [6.07, 6.45) is 0.292. The summed E-state index contributed by atoms with van der Waals surface area (Å²) in [6, 6.07) is 17.1. The van der Waals surface area contributed by atoms with Crippen molar-refractivity contribution in [3.05, 3.63) is 60.2 Å². The summed E-state index contributed by atoms with van der Waals surface area (Å²) in [7, 11) is 0. The van der Waals surface area contributed by atoms with Crippen LogP contribution >= 0.6 is 12.2 Å². The highest BCUT2D eigenvalue weighted by Gasteiger charge is 2.06. The van der Waals surface area contributed by atoms with Gasteiger partial charge in [0.05, 0.1) is 13.0 Å². The second kappa shape index (κ2) is 9.03. The van der Waals surface area contributed by atoms with Crippen molar-refractivity contribution >= 4 is 28.9 Å². The summed E-state index contributed by atoms with van der Waals surface area (Å²) in [5, 5.41) is 5.97. The predicted octanol–water partition coefficient (Wildman–Crippen LogP) is 3.78. The molecule has 0 radical (unpaired) electrons. The lowest BCUT2D eigenvalue weighted by atomic mass is 10.1. The van der Waals surface area contributed by atoms with Gasteiger partial charge in [-0.1, -0.05) is 50.2 Å². The Balaban J connectivity index is 1.85. The SMILES string of the molecule is CC(C)COc1cccc(NC(=S)NC(=O)Cc2ccccc2)c1. The normalized spacial score (nSPS) is 10.3. The lowest BCUT2D eigenvalue weighted by Gasteiger charge is -2.12. The molecule has 2 N–H and O–H groups in total. The second-order valence-corrected chi connectivity index (χ2v) is 6.31. The van der Waals surface area contributed by atoms with Crippen LogP contribution in [0.2, 0.25) is 0 Å². The van der Waals surface area contributed by atoms with Crippen LogP contribution in [-0.4, -0.2) is 17.6 Å². The van der Waals surface area contributed by atoms with E-state index >= 15 is 0 Å². The van der Waals surface area contributed by atoms with E-state index in [1.165, 1.54) is 0 Å². The van der Waals surface area contributed by atoms with Gasteiger partial charge in [0.2, 0.25) is 5.91 Å². The number of rotatable bonds is 6. The number of nitrogens with one attached hydrogen (secondary N) is 2. The van der Waals surface area contributed by atoms with Crippen molar-refractivity contribution in [2.24, 2.45) is 5.92 Å². The quantitative estimate of drug-likeness (QED) is 0.785. The Labute approximate surface area is 148 Å². The molecule has 0 saturated heterocycles. The fourth-order valence-electron chi connectivity index (χ4n) is 2.04. The van der Waals surface area contributed by atoms with Crippen LogP contribution < -0.4 is 15.4 Å². The Hall–Kier alpha value is -2.40. The number of amides is 1. The maximum atomic E-state index is 12.0. The molecule has 126 valence electrons. The van der Waals surface area contributed by atoms with Crippen LogP contribution in [-0.2, 0) is 11.2 Å². The molecule has 4 nitrogen and oxygen atoms in total. The molecular formula is C19H22N2O2S. The monoisotopic (exact) mass is 342 g/mol. The maximum Gasteiger partial charge on any atom is 0.230 e. The zero-order valence-electron chi connectivity index (χ0n) is 13.9. The van der Waals surface area contributed by atoms with E-state index in [4.69, 9.17) is 17.0 Å². The van der Waals surface area contributed by atoms with Crippen LogP contribution in [0.25, 0.3) is 0 Å². The van der Waals surface area contributed by atoms with Gasteiger partial charge in [-0.15, -0.1) is 0 Å². The first-order chi connectivity index (χ1) is 11.5. The summed E-state index contributed by atoms with van der Waals surface area (Å²) < 4.78 is 5.68. The van der Waals surface area contributed by atoms with E-state index in [9.17, 15) is 4.79 Å². The van der Waals surface area contributed by atoms with Gasteiger partial charge in [0.1, 0.15) is 5.75 Å². The molecule has 0 aliphatic carbocycles. The van der Waals surface area contributed by atoms with Gasteiger partial charge in [-0.05, 0) is 35.8 Å². The van der Waals surface area contributed by atoms with Gasteiger partial charge in [0, 0.05) is 11.8 Å². The van der Waals surface area contributed by atoms with Crippen LogP contribution in [0.15, 0.2) is 54.6 Å². The molecule has 0 fully saturated rings. The fraction of sp³-hybridized carbons (Fsp3) is 0.263. The number of carbonyl (C=O) groups is 1. The van der Waals surface area contributed by atoms with Crippen molar-refractivity contribution in [1.82, 2.24) is 5.32 Å². The first-order valence-corrected chi connectivity index (χ1v) is 8.31. The lowest BCUT2D eigenvalue weighted by Crippen LogP contribution is -2.35. The van der Waals surface area contributed by atoms with Crippen molar-refractivity contribution < 1.29 is 9.53 Å². The summed E-state index contributed by atoms with van der Waals surface area (Å²) in [6.45, 7) is 4.85. The number of hydrogen-bond donors (Lipinski definition) is 2. The minimum Gasteiger partial charge on any atom is -0.493 e. The van der Waals surface area contributed by atoms with E-state index in [0.29, 0.717) is 18.9 Å². The van der Waals surface area contributed by atoms with Gasteiger partial charge in [-0.2, -0.15) is 0 Å². The topological polar surface area (TPSA) is 50.4 Å². The summed E-state index contributed by atoms with van der Waals surface area (Å²) in [5.41, 5.74) is 1.73. The molecule has 0 heterocycles. The standard InChI is InChI=1S/C19H22N2O2S/c1-14(2)13-23-17-10-6-9-16(12-17)20-19(24)21-18(22)11-15-7-4-3-5-8-15/h3-10,12,14H,11,13H2,1-2H3,(H2,20,21,22,24). The highest BCUT2D eigenvalue weighted by molar-refractivity contribution is 7.80. The third-order valence-electron chi connectivity index (χ3n) is 3.14. The largest absolute Gasteiger partial charge is 0.493 e. The molecule has 0 saturated carbocycles. The van der Waals surface area contributed by atoms with Crippen molar-refractivity contribution in [2.45, 2.75) is 20.3 Å². The van der Waals surface area contributed by atoms with Crippen LogP contribution in [0.4, 0.5) is 5.69 Å². The molecule has 0 bridgehead atoms. The molecular weight excluding hydrogens is 320 g/mol. The molecule has 5 heteroatoms. The number of benzene rings is 2. The molecule has 24 heavy (non-hydrogen) atoms. The van der Waals surface area contributed by atoms with Gasteiger partial charge >= 0.3 is 0 Å². The van der Waals surface area contributed by atoms with Crippen LogP contribution in [0.5, 0.6) is 5.75 Å². The molecule has 2 aromatic rings. The van der Waals surface area contributed by atoms with E-state index in [1.54, 1.807) is 0 Å². The van der Waals surface area contributed by atoms with E-state index < -0.39 is 0 Å². The minimum atomic E-state index is -0.147. The maximum absolute atomic E-state index is 12.0. The molecule has 0 aliphatic rings. The average Bonchev–Trinajstić information content (AvgIpc) is 2.54. The number of carbonyl (C=O) groups excluding carboxylic acids is 1. The molecule has 0 atom stereocenters. The van der Waals surface area contributed by atoms with E-state index in [0.717, 1.165) is 17.0 Å². The highest BCUT2D eigenvalue weighted by atomic mass is 32.1. The molecule has 2 rings (SSSR count). The van der Waals surface area contributed by atoms with Crippen molar-refractivity contribution in [3.63, 3.8) is 0 Å². The van der Waals surface area contributed by atoms with Gasteiger partial charge in [0.15, 0.2) is 5.11 Å². The Morgan fingerprint density at radius 2 is 1.88 bits per heavy atom. The Bertz CT molecular complexity index is 687. The Morgan fingerprint density at radius 3 is 2.58 bits per heavy atom. The molecule has 0 spiro atoms. The number of thiocarbonyl (C=S) groups is 1. The van der Waals surface area contributed by atoms with E-state index in [-0.39, 0.29) is 11.0 Å². The Kier molecular flexibility index (Phi) is 6.75. The molecule has 1 amide bonds. The zero-order valence-corrected chi connectivity index (χ0v) is 14.7. The second-order valence-electron chi connectivity index (χ2n) is 5.90. The van der Waals surface area contributed by atoms with E-state index in [1.807, 2.05) is 54.6 Å². The first kappa shape index (κ1) is 17.9. The molecule has 0 aliphatic heterocycles. The van der Waals surface area contributed by atoms with Crippen molar-refractivity contribution in [2.75, 3.05) is 11.9 Å². The Morgan fingerprint density at radius 1 is 1.12 bits per heavy atom. The van der Waals surface area contributed by atoms with Crippen molar-refractivity contribution in [3.8, 4) is 5.75 Å². The summed E-state index contributed by atoms with van der Waals surface area (Å²) in [5.74, 6) is 1.08. The summed E-state index contributed by atoms with van der Waals surface area (Å²) in [4.78, 5) is 12.0. The number of hydrogen-bond acceptors (Lipinski definition) is 3. The fourth-order valence-corrected chi connectivity index (χ4v) is 2.27. The number of anilines is 1. The van der Waals surface area contributed by atoms with Gasteiger partial charge in [0.25, 0.3) is 0 Å². The van der Waals surface area contributed by atoms with Crippen LogP contribution in [0, 0.1) is 5.92 Å². The summed E-state index contributed by atoms with van der Waals surface area (Å²) >= 11 is 5.19. The third-order valence-corrected chi connectivity index (χ3v) is 3.34. The minimum absolute atomic E-state index is 0.147. The van der Waals surface area contributed by atoms with Crippen molar-refractivity contribution in [1.29, 1.82) is 0 Å².